The van der Waals surface area contributed by atoms with E-state index in [4.69, 9.17) is 9.47 Å². The van der Waals surface area contributed by atoms with Gasteiger partial charge < -0.3 is 14.8 Å². The Morgan fingerprint density at radius 1 is 1.12 bits per heavy atom. The quantitative estimate of drug-likeness (QED) is 0.594. The summed E-state index contributed by atoms with van der Waals surface area (Å²) in [7, 11) is 0. The highest BCUT2D eigenvalue weighted by molar-refractivity contribution is 6.00. The van der Waals surface area contributed by atoms with Gasteiger partial charge in [-0.3, -0.25) is 14.5 Å². The maximum absolute atomic E-state index is 12.4. The van der Waals surface area contributed by atoms with Gasteiger partial charge in [0.2, 0.25) is 0 Å². The lowest BCUT2D eigenvalue weighted by Crippen LogP contribution is -2.46. The highest BCUT2D eigenvalue weighted by Crippen LogP contribution is 2.28. The van der Waals surface area contributed by atoms with E-state index in [1.54, 1.807) is 18.7 Å². The Labute approximate surface area is 153 Å². The van der Waals surface area contributed by atoms with Crippen LogP contribution in [0.4, 0.5) is 10.5 Å². The summed E-state index contributed by atoms with van der Waals surface area (Å²) in [5, 5.41) is 2.81. The summed E-state index contributed by atoms with van der Waals surface area (Å²) in [5.41, 5.74) is 0.158. The fourth-order valence-electron chi connectivity index (χ4n) is 2.89. The second-order valence-electron chi connectivity index (χ2n) is 6.35. The number of rotatable bonds is 7. The van der Waals surface area contributed by atoms with Gasteiger partial charge >= 0.3 is 18.0 Å². The molecule has 1 aromatic carbocycles. The van der Waals surface area contributed by atoms with E-state index < -0.39 is 17.4 Å². The zero-order valence-corrected chi connectivity index (χ0v) is 15.5. The second kappa shape index (κ2) is 8.69. The number of nitrogens with one attached hydrogen (secondary N) is 1. The van der Waals surface area contributed by atoms with Crippen LogP contribution < -0.4 is 10.2 Å². The molecule has 142 valence electrons. The van der Waals surface area contributed by atoms with Crippen LogP contribution in [0, 0.1) is 5.41 Å². The summed E-state index contributed by atoms with van der Waals surface area (Å²) in [6, 6.07) is 7.14. The number of hydrogen-bond donors (Lipinski definition) is 1. The molecule has 0 aromatic heterocycles. The number of anilines is 1. The largest absolute Gasteiger partial charge is 0.465 e. The van der Waals surface area contributed by atoms with Gasteiger partial charge in [0.05, 0.1) is 13.2 Å². The van der Waals surface area contributed by atoms with Gasteiger partial charge in [-0.05, 0) is 51.3 Å². The Balaban J connectivity index is 2.18. The predicted octanol–water partition coefficient (Wildman–Crippen LogP) is 2.28. The molecule has 1 heterocycles. The smallest absolute Gasteiger partial charge is 0.323 e. The molecular weight excluding hydrogens is 336 g/mol. The van der Waals surface area contributed by atoms with Crippen molar-refractivity contribution in [2.24, 2.45) is 5.41 Å². The number of hydrogen-bond acceptors (Lipinski definition) is 5. The molecule has 1 aliphatic rings. The molecule has 0 bridgehead atoms. The molecule has 1 fully saturated rings. The van der Waals surface area contributed by atoms with Gasteiger partial charge in [0.25, 0.3) is 0 Å². The maximum Gasteiger partial charge on any atom is 0.323 e. The Bertz CT molecular complexity index is 638. The maximum atomic E-state index is 12.4. The van der Waals surface area contributed by atoms with E-state index in [-0.39, 0.29) is 25.7 Å². The van der Waals surface area contributed by atoms with Crippen molar-refractivity contribution in [1.29, 1.82) is 0 Å². The van der Waals surface area contributed by atoms with Crippen molar-refractivity contribution >= 4 is 23.7 Å². The van der Waals surface area contributed by atoms with Gasteiger partial charge in [-0.1, -0.05) is 12.1 Å². The highest BCUT2D eigenvalue weighted by atomic mass is 16.6. The third kappa shape index (κ3) is 4.33. The van der Waals surface area contributed by atoms with Gasteiger partial charge in [-0.15, -0.1) is 0 Å². The SMILES string of the molecule is CCOC(=O)C(C)(Cc1ccc(N2CCCNC2=O)cc1)C(=O)OCC. The topological polar surface area (TPSA) is 84.9 Å². The Morgan fingerprint density at radius 2 is 1.69 bits per heavy atom. The summed E-state index contributed by atoms with van der Waals surface area (Å²) in [6.45, 7) is 6.66. The zero-order chi connectivity index (χ0) is 19.2. The molecule has 2 amide bonds. The molecule has 26 heavy (non-hydrogen) atoms. The number of carbonyl (C=O) groups is 3. The lowest BCUT2D eigenvalue weighted by molar-refractivity contribution is -0.170. The van der Waals surface area contributed by atoms with E-state index in [2.05, 4.69) is 5.32 Å². The summed E-state index contributed by atoms with van der Waals surface area (Å²) in [6.07, 6.45) is 1.05. The summed E-state index contributed by atoms with van der Waals surface area (Å²) < 4.78 is 10.2. The van der Waals surface area contributed by atoms with Crippen LogP contribution in [0.15, 0.2) is 24.3 Å². The fourth-order valence-corrected chi connectivity index (χ4v) is 2.89. The average Bonchev–Trinajstić information content (AvgIpc) is 2.63. The van der Waals surface area contributed by atoms with Crippen molar-refractivity contribution < 1.29 is 23.9 Å². The molecular formula is C19H26N2O5. The van der Waals surface area contributed by atoms with E-state index in [0.717, 1.165) is 17.7 Å². The van der Waals surface area contributed by atoms with Crippen molar-refractivity contribution in [3.8, 4) is 0 Å². The first-order valence-electron chi connectivity index (χ1n) is 8.91. The molecule has 0 aliphatic carbocycles. The average molecular weight is 362 g/mol. The predicted molar refractivity (Wildman–Crippen MR) is 96.9 cm³/mol. The van der Waals surface area contributed by atoms with Gasteiger partial charge in [0, 0.05) is 18.8 Å². The minimum atomic E-state index is -1.41. The van der Waals surface area contributed by atoms with E-state index >= 15 is 0 Å². The second-order valence-corrected chi connectivity index (χ2v) is 6.35. The molecule has 1 N–H and O–H groups in total. The number of urea groups is 1. The third-order valence-electron chi connectivity index (χ3n) is 4.34. The molecule has 0 spiro atoms. The summed E-state index contributed by atoms with van der Waals surface area (Å²) >= 11 is 0. The van der Waals surface area contributed by atoms with Gasteiger partial charge in [0.15, 0.2) is 5.41 Å². The lowest BCUT2D eigenvalue weighted by atomic mass is 9.83. The molecule has 2 rings (SSSR count). The Hall–Kier alpha value is -2.57. The van der Waals surface area contributed by atoms with E-state index in [9.17, 15) is 14.4 Å². The number of amides is 2. The molecule has 0 saturated carbocycles. The van der Waals surface area contributed by atoms with Crippen LogP contribution in [0.3, 0.4) is 0 Å². The molecule has 0 unspecified atom stereocenters. The Morgan fingerprint density at radius 3 is 2.19 bits per heavy atom. The first-order valence-corrected chi connectivity index (χ1v) is 8.91. The van der Waals surface area contributed by atoms with Crippen molar-refractivity contribution in [1.82, 2.24) is 5.32 Å². The van der Waals surface area contributed by atoms with Gasteiger partial charge in [0.1, 0.15) is 0 Å². The minimum Gasteiger partial charge on any atom is -0.465 e. The molecule has 0 atom stereocenters. The van der Waals surface area contributed by atoms with Crippen molar-refractivity contribution in [2.45, 2.75) is 33.6 Å². The van der Waals surface area contributed by atoms with Crippen LogP contribution in [-0.4, -0.2) is 44.3 Å². The van der Waals surface area contributed by atoms with Crippen LogP contribution >= 0.6 is 0 Å². The lowest BCUT2D eigenvalue weighted by Gasteiger charge is -2.28. The van der Waals surface area contributed by atoms with E-state index in [1.165, 1.54) is 6.92 Å². The van der Waals surface area contributed by atoms with Crippen molar-refractivity contribution in [3.05, 3.63) is 29.8 Å². The molecule has 7 nitrogen and oxygen atoms in total. The normalized spacial score (nSPS) is 14.6. The number of nitrogens with zero attached hydrogens (tertiary/aromatic N) is 1. The number of carbonyl (C=O) groups excluding carboxylic acids is 3. The van der Waals surface area contributed by atoms with Crippen LogP contribution in [-0.2, 0) is 25.5 Å². The summed E-state index contributed by atoms with van der Waals surface area (Å²) in [4.78, 5) is 38.3. The molecule has 7 heteroatoms. The zero-order valence-electron chi connectivity index (χ0n) is 15.5. The summed E-state index contributed by atoms with van der Waals surface area (Å²) in [5.74, 6) is -1.20. The number of benzene rings is 1. The van der Waals surface area contributed by atoms with E-state index in [0.29, 0.717) is 13.1 Å². The minimum absolute atomic E-state index is 0.119. The monoisotopic (exact) mass is 362 g/mol. The standard InChI is InChI=1S/C19H26N2O5/c1-4-25-16(22)19(3,17(23)26-5-2)13-14-7-9-15(10-8-14)21-12-6-11-20-18(21)24/h7-10H,4-6,11-13H2,1-3H3,(H,20,24). The number of ether oxygens (including phenoxy) is 2. The van der Waals surface area contributed by atoms with Crippen molar-refractivity contribution in [3.63, 3.8) is 0 Å². The molecule has 0 radical (unpaired) electrons. The molecule has 1 saturated heterocycles. The van der Waals surface area contributed by atoms with Crippen LogP contribution in [0.5, 0.6) is 0 Å². The Kier molecular flexibility index (Phi) is 6.60. The van der Waals surface area contributed by atoms with E-state index in [1.807, 2.05) is 24.3 Å². The molecule has 1 aliphatic heterocycles. The van der Waals surface area contributed by atoms with Crippen LogP contribution in [0.2, 0.25) is 0 Å². The van der Waals surface area contributed by atoms with Crippen molar-refractivity contribution in [2.75, 3.05) is 31.2 Å². The first kappa shape index (κ1) is 19.8. The highest BCUT2D eigenvalue weighted by Gasteiger charge is 2.44. The third-order valence-corrected chi connectivity index (χ3v) is 4.34. The first-order chi connectivity index (χ1) is 12.4. The number of esters is 2. The fraction of sp³-hybridized carbons (Fsp3) is 0.526. The van der Waals surface area contributed by atoms with Gasteiger partial charge in [-0.2, -0.15) is 0 Å². The van der Waals surface area contributed by atoms with Crippen LogP contribution in [0.25, 0.3) is 0 Å². The van der Waals surface area contributed by atoms with Gasteiger partial charge in [-0.25, -0.2) is 4.79 Å². The van der Waals surface area contributed by atoms with Crippen LogP contribution in [0.1, 0.15) is 32.8 Å². The molecule has 1 aromatic rings.